The van der Waals surface area contributed by atoms with E-state index in [-0.39, 0.29) is 6.61 Å². The van der Waals surface area contributed by atoms with Gasteiger partial charge in [0, 0.05) is 13.0 Å². The van der Waals surface area contributed by atoms with Crippen LogP contribution in [0, 0.1) is 0 Å². The third-order valence-corrected chi connectivity index (χ3v) is 2.89. The van der Waals surface area contributed by atoms with Gasteiger partial charge in [-0.1, -0.05) is 0 Å². The van der Waals surface area contributed by atoms with Gasteiger partial charge in [-0.25, -0.2) is 4.79 Å². The van der Waals surface area contributed by atoms with E-state index in [4.69, 9.17) is 13.7 Å². The zero-order chi connectivity index (χ0) is 14.7. The largest absolute Gasteiger partial charge is 0.444 e. The van der Waals surface area contributed by atoms with Crippen molar-refractivity contribution >= 4 is 16.2 Å². The quantitative estimate of drug-likeness (QED) is 0.769. The molecular weight excluding hydrogens is 274 g/mol. The van der Waals surface area contributed by atoms with Crippen LogP contribution in [-0.4, -0.2) is 51.7 Å². The van der Waals surface area contributed by atoms with E-state index < -0.39 is 34.0 Å². The first-order valence-electron chi connectivity index (χ1n) is 6.02. The summed E-state index contributed by atoms with van der Waals surface area (Å²) in [6, 6.07) is -0.543. The summed E-state index contributed by atoms with van der Waals surface area (Å²) in [6.07, 6.45) is 0.127. The lowest BCUT2D eigenvalue weighted by Gasteiger charge is -2.31. The number of carbonyl (C=O) groups is 1. The van der Waals surface area contributed by atoms with Gasteiger partial charge in [0.2, 0.25) is 0 Å². The van der Waals surface area contributed by atoms with Crippen molar-refractivity contribution in [2.75, 3.05) is 19.5 Å². The van der Waals surface area contributed by atoms with Crippen LogP contribution in [0.5, 0.6) is 0 Å². The van der Waals surface area contributed by atoms with Crippen LogP contribution in [0.15, 0.2) is 0 Å². The van der Waals surface area contributed by atoms with Gasteiger partial charge in [0.1, 0.15) is 11.7 Å². The van der Waals surface area contributed by atoms with E-state index in [0.717, 1.165) is 6.26 Å². The molecule has 1 heterocycles. The molecule has 1 fully saturated rings. The van der Waals surface area contributed by atoms with Crippen LogP contribution in [-0.2, 0) is 23.8 Å². The number of hydrogen-bond acceptors (Lipinski definition) is 6. The second-order valence-electron chi connectivity index (χ2n) is 5.46. The van der Waals surface area contributed by atoms with Gasteiger partial charge in [-0.05, 0) is 20.8 Å². The van der Waals surface area contributed by atoms with Gasteiger partial charge in [0.05, 0.1) is 18.9 Å². The molecule has 0 bridgehead atoms. The Kier molecular flexibility index (Phi) is 5.17. The van der Waals surface area contributed by atoms with Crippen LogP contribution in [0.25, 0.3) is 0 Å². The minimum Gasteiger partial charge on any atom is -0.444 e. The van der Waals surface area contributed by atoms with Crippen molar-refractivity contribution in [2.24, 2.45) is 0 Å². The summed E-state index contributed by atoms with van der Waals surface area (Å²) in [5.41, 5.74) is -0.618. The molecule has 0 aromatic rings. The molecule has 1 amide bonds. The van der Waals surface area contributed by atoms with Gasteiger partial charge < -0.3 is 14.8 Å². The number of amides is 1. The maximum absolute atomic E-state index is 11.6. The van der Waals surface area contributed by atoms with E-state index >= 15 is 0 Å². The Morgan fingerprint density at radius 1 is 1.37 bits per heavy atom. The van der Waals surface area contributed by atoms with Crippen LogP contribution in [0.4, 0.5) is 4.79 Å². The highest BCUT2D eigenvalue weighted by molar-refractivity contribution is 7.86. The number of rotatable bonds is 3. The molecule has 1 N–H and O–H groups in total. The van der Waals surface area contributed by atoms with Crippen molar-refractivity contribution in [3.05, 3.63) is 0 Å². The molecular formula is C11H21NO6S. The third-order valence-electron chi connectivity index (χ3n) is 2.29. The van der Waals surface area contributed by atoms with Crippen LogP contribution < -0.4 is 5.32 Å². The van der Waals surface area contributed by atoms with Gasteiger partial charge in [-0.3, -0.25) is 4.18 Å². The Bertz CT molecular complexity index is 413. The number of nitrogens with one attached hydrogen (secondary N) is 1. The summed E-state index contributed by atoms with van der Waals surface area (Å²) in [4.78, 5) is 11.6. The smallest absolute Gasteiger partial charge is 0.408 e. The zero-order valence-electron chi connectivity index (χ0n) is 11.6. The topological polar surface area (TPSA) is 90.9 Å². The number of hydrogen-bond donors (Lipinski definition) is 1. The van der Waals surface area contributed by atoms with E-state index in [1.54, 1.807) is 20.8 Å². The van der Waals surface area contributed by atoms with Gasteiger partial charge in [0.25, 0.3) is 10.1 Å². The fourth-order valence-corrected chi connectivity index (χ4v) is 2.33. The van der Waals surface area contributed by atoms with Crippen LogP contribution in [0.1, 0.15) is 27.2 Å². The molecule has 112 valence electrons. The SMILES string of the molecule is CC(C)(C)OC(=O)N[C@@H]1COCC[C@H]1OS(C)(=O)=O. The van der Waals surface area contributed by atoms with E-state index in [9.17, 15) is 13.2 Å². The average molecular weight is 295 g/mol. The zero-order valence-corrected chi connectivity index (χ0v) is 12.5. The molecule has 19 heavy (non-hydrogen) atoms. The highest BCUT2D eigenvalue weighted by atomic mass is 32.2. The first-order valence-corrected chi connectivity index (χ1v) is 7.84. The number of carbonyl (C=O) groups excluding carboxylic acids is 1. The van der Waals surface area contributed by atoms with Crippen molar-refractivity contribution in [1.82, 2.24) is 5.32 Å². The maximum Gasteiger partial charge on any atom is 0.408 e. The normalized spacial score (nSPS) is 24.8. The standard InChI is InChI=1S/C11H21NO6S/c1-11(2,3)17-10(13)12-8-7-16-6-5-9(8)18-19(4,14)15/h8-9H,5-7H2,1-4H3,(H,12,13)/t8-,9-/m1/s1. The van der Waals surface area contributed by atoms with Gasteiger partial charge in [-0.15, -0.1) is 0 Å². The highest BCUT2D eigenvalue weighted by Gasteiger charge is 2.32. The molecule has 0 aromatic carbocycles. The fourth-order valence-electron chi connectivity index (χ4n) is 1.65. The fraction of sp³-hybridized carbons (Fsp3) is 0.909. The maximum atomic E-state index is 11.6. The van der Waals surface area contributed by atoms with Crippen molar-refractivity contribution in [1.29, 1.82) is 0 Å². The molecule has 8 heteroatoms. The lowest BCUT2D eigenvalue weighted by Crippen LogP contribution is -2.52. The van der Waals surface area contributed by atoms with Gasteiger partial charge in [0.15, 0.2) is 0 Å². The Morgan fingerprint density at radius 3 is 2.53 bits per heavy atom. The van der Waals surface area contributed by atoms with Crippen LogP contribution >= 0.6 is 0 Å². The van der Waals surface area contributed by atoms with Crippen LogP contribution in [0.3, 0.4) is 0 Å². The van der Waals surface area contributed by atoms with Gasteiger partial charge in [-0.2, -0.15) is 8.42 Å². The monoisotopic (exact) mass is 295 g/mol. The molecule has 0 radical (unpaired) electrons. The molecule has 0 saturated carbocycles. The second kappa shape index (κ2) is 6.06. The second-order valence-corrected chi connectivity index (χ2v) is 7.06. The summed E-state index contributed by atoms with van der Waals surface area (Å²) < 4.78 is 37.6. The summed E-state index contributed by atoms with van der Waals surface area (Å²) >= 11 is 0. The van der Waals surface area contributed by atoms with Crippen molar-refractivity contribution in [3.8, 4) is 0 Å². The summed E-state index contributed by atoms with van der Waals surface area (Å²) in [5, 5.41) is 2.57. The molecule has 0 aliphatic carbocycles. The van der Waals surface area contributed by atoms with Crippen molar-refractivity contribution in [3.63, 3.8) is 0 Å². The molecule has 1 saturated heterocycles. The lowest BCUT2D eigenvalue weighted by atomic mass is 10.1. The van der Waals surface area contributed by atoms with E-state index in [0.29, 0.717) is 13.0 Å². The minimum absolute atomic E-state index is 0.194. The molecule has 0 aromatic heterocycles. The summed E-state index contributed by atoms with van der Waals surface area (Å²) in [6.45, 7) is 5.82. The van der Waals surface area contributed by atoms with Gasteiger partial charge >= 0.3 is 6.09 Å². The molecule has 1 aliphatic rings. The Hall–Kier alpha value is -0.860. The Labute approximate surface area is 113 Å². The van der Waals surface area contributed by atoms with Crippen molar-refractivity contribution < 1.29 is 26.9 Å². The van der Waals surface area contributed by atoms with Crippen LogP contribution in [0.2, 0.25) is 0 Å². The van der Waals surface area contributed by atoms with E-state index in [1.165, 1.54) is 0 Å². The first-order chi connectivity index (χ1) is 8.57. The molecule has 1 rings (SSSR count). The Morgan fingerprint density at radius 2 is 2.00 bits per heavy atom. The summed E-state index contributed by atoms with van der Waals surface area (Å²) in [7, 11) is -3.58. The van der Waals surface area contributed by atoms with Crippen molar-refractivity contribution in [2.45, 2.75) is 44.9 Å². The predicted octanol–water partition coefficient (Wildman–Crippen LogP) is 0.645. The average Bonchev–Trinajstić information content (AvgIpc) is 2.15. The third kappa shape index (κ3) is 6.74. The first kappa shape index (κ1) is 16.2. The summed E-state index contributed by atoms with van der Waals surface area (Å²) in [5.74, 6) is 0. The number of ether oxygens (including phenoxy) is 2. The highest BCUT2D eigenvalue weighted by Crippen LogP contribution is 2.15. The lowest BCUT2D eigenvalue weighted by molar-refractivity contribution is -0.00894. The van der Waals surface area contributed by atoms with E-state index in [1.807, 2.05) is 0 Å². The predicted molar refractivity (Wildman–Crippen MR) is 68.3 cm³/mol. The molecule has 1 aliphatic heterocycles. The molecule has 0 unspecified atom stereocenters. The van der Waals surface area contributed by atoms with E-state index in [2.05, 4.69) is 5.32 Å². The molecule has 2 atom stereocenters. The molecule has 7 nitrogen and oxygen atoms in total. The number of alkyl carbamates (subject to hydrolysis) is 1. The minimum atomic E-state index is -3.58. The Balaban J connectivity index is 2.60. The molecule has 0 spiro atoms.